The highest BCUT2D eigenvalue weighted by Crippen LogP contribution is 2.43. The van der Waals surface area contributed by atoms with Gasteiger partial charge in [-0.1, -0.05) is 36.4 Å². The van der Waals surface area contributed by atoms with E-state index in [4.69, 9.17) is 9.15 Å². The average Bonchev–Trinajstić information content (AvgIpc) is 3.48. The van der Waals surface area contributed by atoms with Gasteiger partial charge in [-0.3, -0.25) is 9.59 Å². The fourth-order valence-corrected chi connectivity index (χ4v) is 4.49. The predicted octanol–water partition coefficient (Wildman–Crippen LogP) is 5.13. The first kappa shape index (κ1) is 18.4. The van der Waals surface area contributed by atoms with Crippen molar-refractivity contribution in [2.24, 2.45) is 0 Å². The fourth-order valence-electron chi connectivity index (χ4n) is 3.59. The summed E-state index contributed by atoms with van der Waals surface area (Å²) in [5.74, 6) is 0.983. The first-order chi connectivity index (χ1) is 14.7. The summed E-state index contributed by atoms with van der Waals surface area (Å²) in [7, 11) is 0. The largest absolute Gasteiger partial charge is 0.461 e. The van der Waals surface area contributed by atoms with Gasteiger partial charge in [-0.2, -0.15) is 0 Å². The van der Waals surface area contributed by atoms with Crippen molar-refractivity contribution in [3.05, 3.63) is 106 Å². The first-order valence-corrected chi connectivity index (χ1v) is 10.3. The van der Waals surface area contributed by atoms with Crippen LogP contribution in [0, 0.1) is 0 Å². The number of carbonyl (C=O) groups excluding carboxylic acids is 2. The quantitative estimate of drug-likeness (QED) is 0.459. The molecule has 0 bridgehead atoms. The number of amides is 1. The highest BCUT2D eigenvalue weighted by atomic mass is 32.1. The second kappa shape index (κ2) is 7.65. The lowest BCUT2D eigenvalue weighted by Crippen LogP contribution is -2.31. The van der Waals surface area contributed by atoms with E-state index in [0.717, 1.165) is 16.0 Å². The van der Waals surface area contributed by atoms with Gasteiger partial charge in [-0.15, -0.1) is 11.3 Å². The van der Waals surface area contributed by atoms with Gasteiger partial charge in [0.15, 0.2) is 5.76 Å². The molecule has 0 radical (unpaired) electrons. The molecule has 148 valence electrons. The van der Waals surface area contributed by atoms with Gasteiger partial charge in [0.2, 0.25) is 11.7 Å². The summed E-state index contributed by atoms with van der Waals surface area (Å²) in [4.78, 5) is 27.1. The molecule has 1 aliphatic rings. The van der Waals surface area contributed by atoms with Gasteiger partial charge in [0.05, 0.1) is 23.6 Å². The van der Waals surface area contributed by atoms with Gasteiger partial charge in [0.1, 0.15) is 11.5 Å². The number of fused-ring (bicyclic) bond motifs is 2. The molecule has 0 unspecified atom stereocenters. The number of hydrogen-bond donors (Lipinski definition) is 1. The van der Waals surface area contributed by atoms with Crippen LogP contribution < -0.4 is 10.1 Å². The Morgan fingerprint density at radius 1 is 0.867 bits per heavy atom. The molecule has 2 aromatic heterocycles. The molecular formula is C24H17NO4S. The number of rotatable bonds is 5. The smallest absolute Gasteiger partial charge is 0.238 e. The molecule has 0 saturated carbocycles. The van der Waals surface area contributed by atoms with Crippen LogP contribution in [-0.2, 0) is 11.3 Å². The van der Waals surface area contributed by atoms with E-state index in [2.05, 4.69) is 5.32 Å². The third-order valence-electron chi connectivity index (χ3n) is 5.01. The molecule has 3 heterocycles. The number of nitrogens with one attached hydrogen (secondary N) is 1. The van der Waals surface area contributed by atoms with Crippen LogP contribution in [-0.4, -0.2) is 11.7 Å². The Balaban J connectivity index is 1.35. The number of thiophene rings is 1. The van der Waals surface area contributed by atoms with Gasteiger partial charge in [0, 0.05) is 16.0 Å². The summed E-state index contributed by atoms with van der Waals surface area (Å²) in [6.07, 6.45) is 1.48. The highest BCUT2D eigenvalue weighted by molar-refractivity contribution is 7.14. The Morgan fingerprint density at radius 2 is 1.57 bits per heavy atom. The standard InChI is InChI=1S/C24H17NO4S/c26-23(20-10-5-13-28-20)21-12-11-15(30-21)14-25-24(27)22-16-6-1-3-8-18(16)29-19-9-4-2-7-17(19)22/h1-13,22H,14H2,(H,25,27). The molecule has 2 aromatic carbocycles. The normalized spacial score (nSPS) is 12.5. The van der Waals surface area contributed by atoms with Gasteiger partial charge in [-0.05, 0) is 36.4 Å². The Morgan fingerprint density at radius 3 is 2.23 bits per heavy atom. The molecule has 1 amide bonds. The summed E-state index contributed by atoms with van der Waals surface area (Å²) in [6.45, 7) is 0.344. The number of benzene rings is 2. The zero-order chi connectivity index (χ0) is 20.5. The van der Waals surface area contributed by atoms with E-state index in [0.29, 0.717) is 28.7 Å². The summed E-state index contributed by atoms with van der Waals surface area (Å²) in [6, 6.07) is 22.1. The van der Waals surface area contributed by atoms with Crippen LogP contribution in [0.25, 0.3) is 0 Å². The number of ketones is 1. The molecule has 1 aliphatic heterocycles. The Hall–Kier alpha value is -3.64. The van der Waals surface area contributed by atoms with E-state index < -0.39 is 5.92 Å². The number of hydrogen-bond acceptors (Lipinski definition) is 5. The van der Waals surface area contributed by atoms with Crippen LogP contribution in [0.15, 0.2) is 83.5 Å². The molecule has 0 aliphatic carbocycles. The van der Waals surface area contributed by atoms with Crippen molar-refractivity contribution in [2.45, 2.75) is 12.5 Å². The Bertz CT molecular complexity index is 1180. The summed E-state index contributed by atoms with van der Waals surface area (Å²) in [5, 5.41) is 3.02. The average molecular weight is 415 g/mol. The number of ether oxygens (including phenoxy) is 1. The van der Waals surface area contributed by atoms with Crippen molar-refractivity contribution < 1.29 is 18.7 Å². The van der Waals surface area contributed by atoms with Gasteiger partial charge < -0.3 is 14.5 Å². The molecule has 5 rings (SSSR count). The van der Waals surface area contributed by atoms with Crippen molar-refractivity contribution in [1.82, 2.24) is 5.32 Å². The third kappa shape index (κ3) is 3.31. The lowest BCUT2D eigenvalue weighted by atomic mass is 9.87. The molecular weight excluding hydrogens is 398 g/mol. The van der Waals surface area contributed by atoms with Crippen molar-refractivity contribution in [2.75, 3.05) is 0 Å². The first-order valence-electron chi connectivity index (χ1n) is 9.51. The molecule has 0 atom stereocenters. The van der Waals surface area contributed by atoms with Crippen molar-refractivity contribution >= 4 is 23.0 Å². The zero-order valence-corrected chi connectivity index (χ0v) is 16.6. The van der Waals surface area contributed by atoms with E-state index in [1.165, 1.54) is 17.6 Å². The molecule has 0 saturated heterocycles. The fraction of sp³-hybridized carbons (Fsp3) is 0.0833. The van der Waals surface area contributed by atoms with E-state index in [-0.39, 0.29) is 11.7 Å². The summed E-state index contributed by atoms with van der Waals surface area (Å²) >= 11 is 1.35. The maximum atomic E-state index is 13.2. The molecule has 6 heteroatoms. The maximum Gasteiger partial charge on any atom is 0.238 e. The summed E-state index contributed by atoms with van der Waals surface area (Å²) in [5.41, 5.74) is 1.68. The Labute approximate surface area is 176 Å². The summed E-state index contributed by atoms with van der Waals surface area (Å²) < 4.78 is 11.1. The SMILES string of the molecule is O=C(c1ccco1)c1ccc(CNC(=O)C2c3ccccc3Oc3ccccc32)s1. The molecule has 1 N–H and O–H groups in total. The molecule has 4 aromatic rings. The maximum absolute atomic E-state index is 13.2. The molecule has 30 heavy (non-hydrogen) atoms. The highest BCUT2D eigenvalue weighted by Gasteiger charge is 2.32. The van der Waals surface area contributed by atoms with Crippen molar-refractivity contribution in [3.8, 4) is 11.5 Å². The minimum Gasteiger partial charge on any atom is -0.461 e. The second-order valence-corrected chi connectivity index (χ2v) is 8.07. The van der Waals surface area contributed by atoms with Gasteiger partial charge in [0.25, 0.3) is 0 Å². The third-order valence-corrected chi connectivity index (χ3v) is 6.09. The molecule has 0 spiro atoms. The molecule has 0 fully saturated rings. The van der Waals surface area contributed by atoms with Crippen LogP contribution in [0.5, 0.6) is 11.5 Å². The zero-order valence-electron chi connectivity index (χ0n) is 15.8. The number of carbonyl (C=O) groups is 2. The van der Waals surface area contributed by atoms with E-state index in [1.54, 1.807) is 18.2 Å². The lowest BCUT2D eigenvalue weighted by molar-refractivity contribution is -0.122. The number of para-hydroxylation sites is 2. The van der Waals surface area contributed by atoms with Crippen LogP contribution in [0.2, 0.25) is 0 Å². The van der Waals surface area contributed by atoms with Gasteiger partial charge >= 0.3 is 0 Å². The Kier molecular flexibility index (Phi) is 4.69. The van der Waals surface area contributed by atoms with Crippen LogP contribution in [0.1, 0.15) is 37.4 Å². The van der Waals surface area contributed by atoms with Crippen molar-refractivity contribution in [3.63, 3.8) is 0 Å². The van der Waals surface area contributed by atoms with E-state index >= 15 is 0 Å². The number of furan rings is 1. The van der Waals surface area contributed by atoms with Crippen LogP contribution >= 0.6 is 11.3 Å². The van der Waals surface area contributed by atoms with Gasteiger partial charge in [-0.25, -0.2) is 0 Å². The minimum atomic E-state index is -0.449. The van der Waals surface area contributed by atoms with Crippen LogP contribution in [0.4, 0.5) is 0 Å². The second-order valence-electron chi connectivity index (χ2n) is 6.90. The monoisotopic (exact) mass is 415 g/mol. The van der Waals surface area contributed by atoms with E-state index in [1.807, 2.05) is 54.6 Å². The minimum absolute atomic E-state index is 0.106. The van der Waals surface area contributed by atoms with Crippen molar-refractivity contribution in [1.29, 1.82) is 0 Å². The topological polar surface area (TPSA) is 68.5 Å². The molecule has 5 nitrogen and oxygen atoms in total. The lowest BCUT2D eigenvalue weighted by Gasteiger charge is -2.27. The van der Waals surface area contributed by atoms with Crippen LogP contribution in [0.3, 0.4) is 0 Å². The van der Waals surface area contributed by atoms with E-state index in [9.17, 15) is 9.59 Å². The predicted molar refractivity (Wildman–Crippen MR) is 113 cm³/mol.